The van der Waals surface area contributed by atoms with Crippen LogP contribution in [0, 0.1) is 13.8 Å². The van der Waals surface area contributed by atoms with Gasteiger partial charge in [0.1, 0.15) is 0 Å². The van der Waals surface area contributed by atoms with Crippen molar-refractivity contribution >= 4 is 44.8 Å². The molecule has 166 valence electrons. The van der Waals surface area contributed by atoms with Crippen LogP contribution in [-0.4, -0.2) is 27.3 Å². The normalized spacial score (nSPS) is 11.0. The fourth-order valence-electron chi connectivity index (χ4n) is 3.01. The zero-order valence-corrected chi connectivity index (χ0v) is 19.3. The Balaban J connectivity index is 1.75. The highest BCUT2D eigenvalue weighted by atomic mass is 35.5. The molecule has 0 aliphatic heterocycles. The van der Waals surface area contributed by atoms with Crippen molar-refractivity contribution in [1.82, 2.24) is 5.32 Å². The van der Waals surface area contributed by atoms with Gasteiger partial charge in [0, 0.05) is 24.0 Å². The van der Waals surface area contributed by atoms with Crippen LogP contribution in [0.2, 0.25) is 5.02 Å². The number of aryl methyl sites for hydroxylation is 2. The van der Waals surface area contributed by atoms with Crippen molar-refractivity contribution in [3.8, 4) is 0 Å². The second-order valence-corrected chi connectivity index (χ2v) is 9.24. The number of anilines is 2. The third-order valence-electron chi connectivity index (χ3n) is 4.73. The molecule has 3 aromatic rings. The average molecular weight is 472 g/mol. The van der Waals surface area contributed by atoms with Gasteiger partial charge in [-0.1, -0.05) is 23.7 Å². The first-order valence-corrected chi connectivity index (χ1v) is 11.5. The van der Waals surface area contributed by atoms with Gasteiger partial charge in [0.25, 0.3) is 21.8 Å². The third kappa shape index (κ3) is 5.27. The first-order chi connectivity index (χ1) is 15.1. The number of rotatable bonds is 6. The second kappa shape index (κ2) is 9.42. The van der Waals surface area contributed by atoms with Gasteiger partial charge in [-0.05, 0) is 73.5 Å². The van der Waals surface area contributed by atoms with Crippen molar-refractivity contribution in [2.75, 3.05) is 17.1 Å². The average Bonchev–Trinajstić information content (AvgIpc) is 2.76. The molecule has 3 rings (SSSR count). The molecule has 0 unspecified atom stereocenters. The quantitative estimate of drug-likeness (QED) is 0.496. The number of amides is 2. The van der Waals surface area contributed by atoms with Gasteiger partial charge in [0.2, 0.25) is 0 Å². The van der Waals surface area contributed by atoms with Gasteiger partial charge in [-0.2, -0.15) is 0 Å². The smallest absolute Gasteiger partial charge is 0.262 e. The van der Waals surface area contributed by atoms with E-state index in [1.807, 2.05) is 13.0 Å². The Morgan fingerprint density at radius 3 is 2.16 bits per heavy atom. The highest BCUT2D eigenvalue weighted by Crippen LogP contribution is 2.23. The van der Waals surface area contributed by atoms with Crippen molar-refractivity contribution in [2.45, 2.75) is 18.7 Å². The topological polar surface area (TPSA) is 104 Å². The van der Waals surface area contributed by atoms with Gasteiger partial charge in [-0.3, -0.25) is 14.3 Å². The van der Waals surface area contributed by atoms with Crippen LogP contribution in [0.25, 0.3) is 0 Å². The number of carbonyl (C=O) groups is 2. The summed E-state index contributed by atoms with van der Waals surface area (Å²) in [5.41, 5.74) is 2.76. The first-order valence-electron chi connectivity index (χ1n) is 9.64. The first kappa shape index (κ1) is 23.3. The summed E-state index contributed by atoms with van der Waals surface area (Å²) in [6.07, 6.45) is 0. The number of nitrogens with one attached hydrogen (secondary N) is 3. The summed E-state index contributed by atoms with van der Waals surface area (Å²) in [4.78, 5) is 24.6. The van der Waals surface area contributed by atoms with Crippen LogP contribution in [-0.2, 0) is 10.0 Å². The fraction of sp³-hybridized carbons (Fsp3) is 0.130. The molecule has 3 aromatic carbocycles. The lowest BCUT2D eigenvalue weighted by Gasteiger charge is -2.12. The van der Waals surface area contributed by atoms with Gasteiger partial charge in [-0.25, -0.2) is 8.42 Å². The fourth-order valence-corrected chi connectivity index (χ4v) is 4.60. The summed E-state index contributed by atoms with van der Waals surface area (Å²) in [7, 11) is -2.28. The van der Waals surface area contributed by atoms with E-state index >= 15 is 0 Å². The van der Waals surface area contributed by atoms with Crippen LogP contribution in [0.15, 0.2) is 65.6 Å². The SMILES string of the molecule is CNC(=O)c1cc(NC(=O)c2ccc(NS(=O)(=O)c3cc(C)ccc3C)cc2)ccc1Cl. The van der Waals surface area contributed by atoms with Gasteiger partial charge in [0.15, 0.2) is 0 Å². The number of hydrogen-bond donors (Lipinski definition) is 3. The van der Waals surface area contributed by atoms with Crippen molar-refractivity contribution < 1.29 is 18.0 Å². The lowest BCUT2D eigenvalue weighted by atomic mass is 10.1. The molecule has 3 N–H and O–H groups in total. The minimum Gasteiger partial charge on any atom is -0.355 e. The second-order valence-electron chi connectivity index (χ2n) is 7.18. The molecule has 0 radical (unpaired) electrons. The maximum atomic E-state index is 12.7. The Bertz CT molecular complexity index is 1290. The van der Waals surface area contributed by atoms with Gasteiger partial charge in [0.05, 0.1) is 15.5 Å². The minimum atomic E-state index is -3.77. The van der Waals surface area contributed by atoms with E-state index in [-0.39, 0.29) is 21.4 Å². The van der Waals surface area contributed by atoms with Crippen molar-refractivity contribution in [2.24, 2.45) is 0 Å². The predicted molar refractivity (Wildman–Crippen MR) is 126 cm³/mol. The molecule has 0 heterocycles. The van der Waals surface area contributed by atoms with E-state index in [0.29, 0.717) is 22.5 Å². The Hall–Kier alpha value is -3.36. The zero-order chi connectivity index (χ0) is 23.5. The highest BCUT2D eigenvalue weighted by Gasteiger charge is 2.18. The Morgan fingerprint density at radius 1 is 0.844 bits per heavy atom. The number of halogens is 1. The summed E-state index contributed by atoms with van der Waals surface area (Å²) < 4.78 is 28.0. The summed E-state index contributed by atoms with van der Waals surface area (Å²) >= 11 is 6.03. The van der Waals surface area contributed by atoms with Crippen LogP contribution in [0.1, 0.15) is 31.8 Å². The van der Waals surface area contributed by atoms with Gasteiger partial charge in [-0.15, -0.1) is 0 Å². The van der Waals surface area contributed by atoms with E-state index in [0.717, 1.165) is 5.56 Å². The molecule has 0 saturated heterocycles. The maximum absolute atomic E-state index is 12.7. The molecule has 0 bridgehead atoms. The van der Waals surface area contributed by atoms with E-state index in [4.69, 9.17) is 11.6 Å². The molecular weight excluding hydrogens is 450 g/mol. The van der Waals surface area contributed by atoms with Crippen molar-refractivity contribution in [3.05, 3.63) is 87.9 Å². The number of sulfonamides is 1. The van der Waals surface area contributed by atoms with Gasteiger partial charge < -0.3 is 10.6 Å². The summed E-state index contributed by atoms with van der Waals surface area (Å²) in [5.74, 6) is -0.786. The van der Waals surface area contributed by atoms with Crippen LogP contribution in [0.3, 0.4) is 0 Å². The van der Waals surface area contributed by atoms with E-state index < -0.39 is 15.9 Å². The Kier molecular flexibility index (Phi) is 6.86. The standard InChI is InChI=1S/C23H22ClN3O4S/c1-14-4-5-15(2)21(12-14)32(30,31)27-17-8-6-16(7-9-17)22(28)26-18-10-11-20(24)19(13-18)23(29)25-3/h4-13,27H,1-3H3,(H,25,29)(H,26,28). The molecular formula is C23H22ClN3O4S. The molecule has 0 aliphatic rings. The molecule has 0 spiro atoms. The Labute approximate surface area is 191 Å². The molecule has 9 heteroatoms. The van der Waals surface area contributed by atoms with Crippen LogP contribution >= 0.6 is 11.6 Å². The van der Waals surface area contributed by atoms with Crippen molar-refractivity contribution in [3.63, 3.8) is 0 Å². The predicted octanol–water partition coefficient (Wildman–Crippen LogP) is 4.37. The van der Waals surface area contributed by atoms with E-state index in [1.54, 1.807) is 25.1 Å². The summed E-state index contributed by atoms with van der Waals surface area (Å²) in [6, 6.07) is 15.8. The number of benzene rings is 3. The molecule has 0 saturated carbocycles. The monoisotopic (exact) mass is 471 g/mol. The summed E-state index contributed by atoms with van der Waals surface area (Å²) in [6.45, 7) is 3.55. The molecule has 0 fully saturated rings. The number of hydrogen-bond acceptors (Lipinski definition) is 4. The van der Waals surface area contributed by atoms with Crippen LogP contribution in [0.4, 0.5) is 11.4 Å². The largest absolute Gasteiger partial charge is 0.355 e. The number of carbonyl (C=O) groups excluding carboxylic acids is 2. The van der Waals surface area contributed by atoms with E-state index in [2.05, 4.69) is 15.4 Å². The van der Waals surface area contributed by atoms with Crippen molar-refractivity contribution in [1.29, 1.82) is 0 Å². The summed E-state index contributed by atoms with van der Waals surface area (Å²) in [5, 5.41) is 5.45. The van der Waals surface area contributed by atoms with Crippen LogP contribution in [0.5, 0.6) is 0 Å². The van der Waals surface area contributed by atoms with Crippen LogP contribution < -0.4 is 15.4 Å². The molecule has 0 aliphatic carbocycles. The van der Waals surface area contributed by atoms with E-state index in [1.165, 1.54) is 43.4 Å². The highest BCUT2D eigenvalue weighted by molar-refractivity contribution is 7.92. The lowest BCUT2D eigenvalue weighted by molar-refractivity contribution is 0.0961. The van der Waals surface area contributed by atoms with E-state index in [9.17, 15) is 18.0 Å². The molecule has 2 amide bonds. The minimum absolute atomic E-state index is 0.203. The third-order valence-corrected chi connectivity index (χ3v) is 6.58. The molecule has 7 nitrogen and oxygen atoms in total. The Morgan fingerprint density at radius 2 is 1.50 bits per heavy atom. The lowest BCUT2D eigenvalue weighted by Crippen LogP contribution is -2.19. The zero-order valence-electron chi connectivity index (χ0n) is 17.7. The molecule has 0 aromatic heterocycles. The molecule has 0 atom stereocenters. The molecule has 32 heavy (non-hydrogen) atoms. The van der Waals surface area contributed by atoms with Gasteiger partial charge >= 0.3 is 0 Å². The maximum Gasteiger partial charge on any atom is 0.262 e.